The van der Waals surface area contributed by atoms with Gasteiger partial charge in [0.15, 0.2) is 0 Å². The minimum absolute atomic E-state index is 0.107. The fraction of sp³-hybridized carbons (Fsp3) is 0.357. The van der Waals surface area contributed by atoms with Gasteiger partial charge in [0.2, 0.25) is 11.8 Å². The van der Waals surface area contributed by atoms with Gasteiger partial charge < -0.3 is 0 Å². The molecule has 1 aliphatic rings. The van der Waals surface area contributed by atoms with Crippen molar-refractivity contribution in [2.75, 3.05) is 0 Å². The first-order chi connectivity index (χ1) is 8.65. The number of carbonyl (C=O) groups is 2. The molecule has 2 rings (SSSR count). The minimum Gasteiger partial charge on any atom is -0.296 e. The Kier molecular flexibility index (Phi) is 3.87. The molecule has 1 aromatic carbocycles. The van der Waals surface area contributed by atoms with Crippen LogP contribution < -0.4 is 5.32 Å². The van der Waals surface area contributed by atoms with E-state index < -0.39 is 5.92 Å². The Labute approximate surface area is 106 Å². The molecule has 1 fully saturated rings. The van der Waals surface area contributed by atoms with E-state index in [9.17, 15) is 9.59 Å². The van der Waals surface area contributed by atoms with E-state index in [2.05, 4.69) is 22.4 Å². The van der Waals surface area contributed by atoms with Crippen LogP contribution in [0, 0.1) is 5.92 Å². The lowest BCUT2D eigenvalue weighted by molar-refractivity contribution is -0.125. The minimum atomic E-state index is -0.393. The highest BCUT2D eigenvalue weighted by Gasteiger charge is 2.28. The maximum atomic E-state index is 11.3. The number of amides is 2. The Hall–Kier alpha value is -1.97. The van der Waals surface area contributed by atoms with E-state index >= 15 is 0 Å². The number of rotatable bonds is 4. The molecular formula is C14H16N2O2. The second-order valence-corrected chi connectivity index (χ2v) is 4.56. The number of hydrogen-bond acceptors (Lipinski definition) is 3. The molecule has 2 atom stereocenters. The van der Waals surface area contributed by atoms with Crippen LogP contribution in [0.5, 0.6) is 0 Å². The SMILES string of the molecule is C[C@H](Cc1ccccc1)N=CC1CC(=O)NC1=O. The molecule has 1 aromatic rings. The van der Waals surface area contributed by atoms with Crippen molar-refractivity contribution in [2.45, 2.75) is 25.8 Å². The fourth-order valence-electron chi connectivity index (χ4n) is 1.95. The van der Waals surface area contributed by atoms with Crippen molar-refractivity contribution in [3.63, 3.8) is 0 Å². The van der Waals surface area contributed by atoms with Crippen molar-refractivity contribution >= 4 is 18.0 Å². The standard InChI is InChI=1S/C14H16N2O2/c1-10(7-11-5-3-2-4-6-11)15-9-12-8-13(17)16-14(12)18/h2-6,9-10,12H,7-8H2,1H3,(H,16,17,18)/t10-,12?/m1/s1. The highest BCUT2D eigenvalue weighted by molar-refractivity contribution is 6.10. The molecule has 0 aromatic heterocycles. The van der Waals surface area contributed by atoms with Gasteiger partial charge in [-0.2, -0.15) is 0 Å². The van der Waals surface area contributed by atoms with Gasteiger partial charge in [0.05, 0.1) is 12.0 Å². The van der Waals surface area contributed by atoms with Crippen LogP contribution in [-0.4, -0.2) is 24.1 Å². The number of aliphatic imine (C=N–C) groups is 1. The van der Waals surface area contributed by atoms with Gasteiger partial charge in [0, 0.05) is 12.6 Å². The number of nitrogens with zero attached hydrogens (tertiary/aromatic N) is 1. The first kappa shape index (κ1) is 12.5. The Morgan fingerprint density at radius 1 is 1.39 bits per heavy atom. The van der Waals surface area contributed by atoms with E-state index in [1.165, 1.54) is 5.56 Å². The van der Waals surface area contributed by atoms with Crippen molar-refractivity contribution in [1.29, 1.82) is 0 Å². The summed E-state index contributed by atoms with van der Waals surface area (Å²) in [5.41, 5.74) is 1.22. The lowest BCUT2D eigenvalue weighted by atomic mass is 10.1. The summed E-state index contributed by atoms with van der Waals surface area (Å²) in [6, 6.07) is 10.2. The highest BCUT2D eigenvalue weighted by Crippen LogP contribution is 2.10. The third kappa shape index (κ3) is 3.26. The molecule has 0 saturated carbocycles. The monoisotopic (exact) mass is 244 g/mol. The summed E-state index contributed by atoms with van der Waals surface area (Å²) >= 11 is 0. The predicted octanol–water partition coefficient (Wildman–Crippen LogP) is 1.35. The highest BCUT2D eigenvalue weighted by atomic mass is 16.2. The lowest BCUT2D eigenvalue weighted by Gasteiger charge is -2.06. The fourth-order valence-corrected chi connectivity index (χ4v) is 1.95. The maximum Gasteiger partial charge on any atom is 0.235 e. The number of imide groups is 1. The van der Waals surface area contributed by atoms with Gasteiger partial charge in [-0.1, -0.05) is 30.3 Å². The molecule has 1 saturated heterocycles. The van der Waals surface area contributed by atoms with Crippen LogP contribution in [0.25, 0.3) is 0 Å². The predicted molar refractivity (Wildman–Crippen MR) is 69.4 cm³/mol. The summed E-state index contributed by atoms with van der Waals surface area (Å²) in [5.74, 6) is -0.849. The van der Waals surface area contributed by atoms with Gasteiger partial charge in [-0.15, -0.1) is 0 Å². The molecule has 0 spiro atoms. The summed E-state index contributed by atoms with van der Waals surface area (Å²) in [6.07, 6.45) is 2.66. The summed E-state index contributed by atoms with van der Waals surface area (Å²) in [6.45, 7) is 2.00. The second kappa shape index (κ2) is 5.58. The van der Waals surface area contributed by atoms with Crippen LogP contribution in [0.2, 0.25) is 0 Å². The molecule has 1 N–H and O–H groups in total. The topological polar surface area (TPSA) is 58.5 Å². The van der Waals surface area contributed by atoms with Gasteiger partial charge in [-0.3, -0.25) is 19.9 Å². The van der Waals surface area contributed by atoms with Gasteiger partial charge in [0.25, 0.3) is 0 Å². The molecule has 1 unspecified atom stereocenters. The third-order valence-electron chi connectivity index (χ3n) is 2.90. The number of benzene rings is 1. The molecule has 1 aliphatic heterocycles. The zero-order valence-electron chi connectivity index (χ0n) is 10.3. The van der Waals surface area contributed by atoms with Crippen molar-refractivity contribution < 1.29 is 9.59 Å². The molecule has 4 heteroatoms. The largest absolute Gasteiger partial charge is 0.296 e. The van der Waals surface area contributed by atoms with E-state index in [4.69, 9.17) is 0 Å². The normalized spacial score (nSPS) is 21.3. The summed E-state index contributed by atoms with van der Waals surface area (Å²) < 4.78 is 0. The van der Waals surface area contributed by atoms with E-state index in [1.807, 2.05) is 25.1 Å². The molecule has 1 heterocycles. The van der Waals surface area contributed by atoms with Gasteiger partial charge in [-0.05, 0) is 18.9 Å². The van der Waals surface area contributed by atoms with E-state index in [-0.39, 0.29) is 24.3 Å². The first-order valence-corrected chi connectivity index (χ1v) is 6.06. The van der Waals surface area contributed by atoms with Crippen molar-refractivity contribution in [3.8, 4) is 0 Å². The van der Waals surface area contributed by atoms with Crippen molar-refractivity contribution in [1.82, 2.24) is 5.32 Å². The summed E-state index contributed by atoms with van der Waals surface area (Å²) in [5, 5.41) is 2.27. The van der Waals surface area contributed by atoms with E-state index in [0.29, 0.717) is 0 Å². The van der Waals surface area contributed by atoms with Crippen LogP contribution in [-0.2, 0) is 16.0 Å². The zero-order chi connectivity index (χ0) is 13.0. The van der Waals surface area contributed by atoms with Crippen LogP contribution in [0.15, 0.2) is 35.3 Å². The van der Waals surface area contributed by atoms with Crippen LogP contribution >= 0.6 is 0 Å². The molecule has 0 bridgehead atoms. The summed E-state index contributed by atoms with van der Waals surface area (Å²) in [4.78, 5) is 26.7. The molecule has 0 aliphatic carbocycles. The Morgan fingerprint density at radius 3 is 2.72 bits per heavy atom. The maximum absolute atomic E-state index is 11.3. The van der Waals surface area contributed by atoms with Crippen LogP contribution in [0.3, 0.4) is 0 Å². The number of nitrogens with one attached hydrogen (secondary N) is 1. The van der Waals surface area contributed by atoms with Gasteiger partial charge in [-0.25, -0.2) is 0 Å². The molecule has 0 radical (unpaired) electrons. The summed E-state index contributed by atoms with van der Waals surface area (Å²) in [7, 11) is 0. The van der Waals surface area contributed by atoms with E-state index in [0.717, 1.165) is 6.42 Å². The van der Waals surface area contributed by atoms with Crippen LogP contribution in [0.1, 0.15) is 18.9 Å². The molecule has 4 nitrogen and oxygen atoms in total. The molecular weight excluding hydrogens is 228 g/mol. The van der Waals surface area contributed by atoms with E-state index in [1.54, 1.807) is 6.21 Å². The lowest BCUT2D eigenvalue weighted by Crippen LogP contribution is -2.22. The second-order valence-electron chi connectivity index (χ2n) is 4.56. The quantitative estimate of drug-likeness (QED) is 0.642. The third-order valence-corrected chi connectivity index (χ3v) is 2.90. The molecule has 2 amide bonds. The first-order valence-electron chi connectivity index (χ1n) is 6.06. The number of hydrogen-bond donors (Lipinski definition) is 1. The van der Waals surface area contributed by atoms with Crippen molar-refractivity contribution in [2.24, 2.45) is 10.9 Å². The Bertz CT molecular complexity index is 468. The molecule has 94 valence electrons. The van der Waals surface area contributed by atoms with Gasteiger partial charge >= 0.3 is 0 Å². The Morgan fingerprint density at radius 2 is 2.11 bits per heavy atom. The Balaban J connectivity index is 1.89. The smallest absolute Gasteiger partial charge is 0.235 e. The molecule has 18 heavy (non-hydrogen) atoms. The van der Waals surface area contributed by atoms with Gasteiger partial charge in [0.1, 0.15) is 0 Å². The average molecular weight is 244 g/mol. The number of carbonyl (C=O) groups excluding carboxylic acids is 2. The zero-order valence-corrected chi connectivity index (χ0v) is 10.3. The van der Waals surface area contributed by atoms with Crippen LogP contribution in [0.4, 0.5) is 0 Å². The average Bonchev–Trinajstić information content (AvgIpc) is 2.66. The van der Waals surface area contributed by atoms with Crippen molar-refractivity contribution in [3.05, 3.63) is 35.9 Å².